The van der Waals surface area contributed by atoms with Crippen molar-refractivity contribution in [3.63, 3.8) is 0 Å². The molecule has 0 aliphatic carbocycles. The number of anilines is 2. The number of benzene rings is 2. The first kappa shape index (κ1) is 21.5. The van der Waals surface area contributed by atoms with Gasteiger partial charge in [-0.15, -0.1) is 0 Å². The Morgan fingerprint density at radius 3 is 2.45 bits per heavy atom. The third kappa shape index (κ3) is 5.49. The highest BCUT2D eigenvalue weighted by molar-refractivity contribution is 9.10. The lowest BCUT2D eigenvalue weighted by atomic mass is 10.2. The molecule has 0 aliphatic rings. The number of hydrogen-bond acceptors (Lipinski definition) is 3. The van der Waals surface area contributed by atoms with Gasteiger partial charge in [-0.2, -0.15) is 10.2 Å². The van der Waals surface area contributed by atoms with E-state index in [1.54, 1.807) is 33.8 Å². The number of halogens is 3. The molecule has 0 radical (unpaired) electrons. The molecule has 31 heavy (non-hydrogen) atoms. The van der Waals surface area contributed by atoms with Gasteiger partial charge in [-0.3, -0.25) is 9.36 Å². The summed E-state index contributed by atoms with van der Waals surface area (Å²) in [6.07, 6.45) is 3.60. The molecular formula is C21H17BrClFN6S. The molecule has 2 aromatic carbocycles. The van der Waals surface area contributed by atoms with Crippen LogP contribution in [0.3, 0.4) is 0 Å². The Hall–Kier alpha value is -2.75. The van der Waals surface area contributed by atoms with Gasteiger partial charge < -0.3 is 10.6 Å². The summed E-state index contributed by atoms with van der Waals surface area (Å²) in [6.45, 7) is 0.854. The van der Waals surface area contributed by atoms with Crippen LogP contribution in [0.2, 0.25) is 5.02 Å². The van der Waals surface area contributed by atoms with Gasteiger partial charge in [-0.1, -0.05) is 48.0 Å². The largest absolute Gasteiger partial charge is 0.316 e. The van der Waals surface area contributed by atoms with E-state index in [1.807, 2.05) is 36.5 Å². The summed E-state index contributed by atoms with van der Waals surface area (Å²) in [7, 11) is 0. The summed E-state index contributed by atoms with van der Waals surface area (Å²) in [5.41, 5.74) is 1.53. The summed E-state index contributed by atoms with van der Waals surface area (Å²) in [5, 5.41) is 16.0. The van der Waals surface area contributed by atoms with E-state index in [0.717, 1.165) is 5.56 Å². The standard InChI is InChI=1S/C21H17BrClFN6S/c22-16-13-30(12-15-6-2-4-8-18(15)24)28-20(16)26-21(31)25-19-9-10-29(27-19)11-14-5-1-3-7-17(14)23/h1-10,13H,11-12H2,(H2,25,26,27,28,31). The van der Waals surface area contributed by atoms with Gasteiger partial charge in [0.1, 0.15) is 5.82 Å². The Labute approximate surface area is 197 Å². The first-order chi connectivity index (χ1) is 15.0. The maximum Gasteiger partial charge on any atom is 0.177 e. The predicted molar refractivity (Wildman–Crippen MR) is 128 cm³/mol. The second-order valence-corrected chi connectivity index (χ2v) is 8.35. The van der Waals surface area contributed by atoms with Gasteiger partial charge in [-0.05, 0) is 45.8 Å². The Bertz CT molecular complexity index is 1220. The van der Waals surface area contributed by atoms with Gasteiger partial charge in [0.05, 0.1) is 17.6 Å². The van der Waals surface area contributed by atoms with Crippen LogP contribution in [0.25, 0.3) is 0 Å². The van der Waals surface area contributed by atoms with Crippen molar-refractivity contribution in [3.8, 4) is 0 Å². The maximum atomic E-state index is 13.9. The van der Waals surface area contributed by atoms with E-state index < -0.39 is 0 Å². The number of hydrogen-bond donors (Lipinski definition) is 2. The normalized spacial score (nSPS) is 10.8. The third-order valence-corrected chi connectivity index (χ3v) is 5.56. The van der Waals surface area contributed by atoms with Crippen LogP contribution in [0.1, 0.15) is 11.1 Å². The van der Waals surface area contributed by atoms with Crippen LogP contribution in [0.4, 0.5) is 16.0 Å². The lowest BCUT2D eigenvalue weighted by Gasteiger charge is -2.07. The van der Waals surface area contributed by atoms with Crippen molar-refractivity contribution in [2.24, 2.45) is 0 Å². The number of thiocarbonyl (C=S) groups is 1. The molecule has 2 N–H and O–H groups in total. The predicted octanol–water partition coefficient (Wildman–Crippen LogP) is 5.54. The molecule has 2 aromatic heterocycles. The minimum atomic E-state index is -0.270. The molecule has 158 valence electrons. The summed E-state index contributed by atoms with van der Waals surface area (Å²) in [6, 6.07) is 16.1. The zero-order chi connectivity index (χ0) is 21.8. The van der Waals surface area contributed by atoms with Crippen LogP contribution >= 0.6 is 39.7 Å². The van der Waals surface area contributed by atoms with Crippen LogP contribution < -0.4 is 10.6 Å². The molecule has 0 amide bonds. The van der Waals surface area contributed by atoms with Crippen molar-refractivity contribution >= 4 is 56.5 Å². The lowest BCUT2D eigenvalue weighted by molar-refractivity contribution is 0.586. The quantitative estimate of drug-likeness (QED) is 0.328. The molecule has 0 aliphatic heterocycles. The van der Waals surface area contributed by atoms with Crippen LogP contribution in [0.15, 0.2) is 71.5 Å². The lowest BCUT2D eigenvalue weighted by Crippen LogP contribution is -2.20. The van der Waals surface area contributed by atoms with Crippen LogP contribution in [-0.2, 0) is 13.1 Å². The molecule has 0 spiro atoms. The number of nitrogens with zero attached hydrogens (tertiary/aromatic N) is 4. The third-order valence-electron chi connectivity index (χ3n) is 4.41. The summed E-state index contributed by atoms with van der Waals surface area (Å²) in [4.78, 5) is 0. The zero-order valence-corrected chi connectivity index (χ0v) is 19.3. The number of rotatable bonds is 6. The molecule has 0 saturated carbocycles. The molecule has 4 rings (SSSR count). The molecule has 6 nitrogen and oxygen atoms in total. The van der Waals surface area contributed by atoms with E-state index >= 15 is 0 Å². The van der Waals surface area contributed by atoms with Crippen molar-refractivity contribution < 1.29 is 4.39 Å². The Balaban J connectivity index is 1.37. The highest BCUT2D eigenvalue weighted by Gasteiger charge is 2.11. The van der Waals surface area contributed by atoms with E-state index in [1.165, 1.54) is 6.07 Å². The van der Waals surface area contributed by atoms with E-state index in [9.17, 15) is 4.39 Å². The van der Waals surface area contributed by atoms with Gasteiger partial charge >= 0.3 is 0 Å². The van der Waals surface area contributed by atoms with Crippen molar-refractivity contribution in [2.45, 2.75) is 13.1 Å². The Morgan fingerprint density at radius 1 is 0.968 bits per heavy atom. The monoisotopic (exact) mass is 518 g/mol. The minimum Gasteiger partial charge on any atom is -0.316 e. The first-order valence-corrected chi connectivity index (χ1v) is 10.9. The second-order valence-electron chi connectivity index (χ2n) is 6.68. The van der Waals surface area contributed by atoms with Gasteiger partial charge in [0.25, 0.3) is 0 Å². The highest BCUT2D eigenvalue weighted by atomic mass is 79.9. The summed E-state index contributed by atoms with van der Waals surface area (Å²) in [5.74, 6) is 0.837. The molecule has 4 aromatic rings. The smallest absolute Gasteiger partial charge is 0.177 e. The van der Waals surface area contributed by atoms with E-state index in [0.29, 0.717) is 44.9 Å². The molecule has 0 saturated heterocycles. The fourth-order valence-electron chi connectivity index (χ4n) is 2.94. The number of nitrogens with one attached hydrogen (secondary N) is 2. The van der Waals surface area contributed by atoms with Crippen molar-refractivity contribution in [1.82, 2.24) is 19.6 Å². The Morgan fingerprint density at radius 2 is 1.68 bits per heavy atom. The van der Waals surface area contributed by atoms with Crippen molar-refractivity contribution in [2.75, 3.05) is 10.6 Å². The highest BCUT2D eigenvalue weighted by Crippen LogP contribution is 2.22. The first-order valence-electron chi connectivity index (χ1n) is 9.29. The average Bonchev–Trinajstić information content (AvgIpc) is 3.31. The van der Waals surface area contributed by atoms with E-state index in [2.05, 4.69) is 36.8 Å². The minimum absolute atomic E-state index is 0.270. The molecule has 0 atom stereocenters. The fourth-order valence-corrected chi connectivity index (χ4v) is 3.75. The fraction of sp³-hybridized carbons (Fsp3) is 0.0952. The average molecular weight is 520 g/mol. The molecule has 2 heterocycles. The van der Waals surface area contributed by atoms with Crippen molar-refractivity contribution in [3.05, 3.63) is 93.4 Å². The zero-order valence-electron chi connectivity index (χ0n) is 16.1. The SMILES string of the molecule is Fc1ccccc1Cn1cc(Br)c(NC(=S)Nc2ccn(Cc3ccccc3Cl)n2)n1. The van der Waals surface area contributed by atoms with Gasteiger partial charge in [0.15, 0.2) is 16.7 Å². The van der Waals surface area contributed by atoms with Gasteiger partial charge in [0, 0.05) is 29.0 Å². The molecular weight excluding hydrogens is 503 g/mol. The Kier molecular flexibility index (Phi) is 6.64. The maximum absolute atomic E-state index is 13.9. The van der Waals surface area contributed by atoms with E-state index in [-0.39, 0.29) is 5.82 Å². The molecule has 0 fully saturated rings. The van der Waals surface area contributed by atoms with Gasteiger partial charge in [0.2, 0.25) is 0 Å². The molecule has 0 unspecified atom stereocenters. The van der Waals surface area contributed by atoms with Crippen LogP contribution in [-0.4, -0.2) is 24.7 Å². The van der Waals surface area contributed by atoms with Crippen LogP contribution in [0.5, 0.6) is 0 Å². The molecule has 0 bridgehead atoms. The van der Waals surface area contributed by atoms with Crippen LogP contribution in [0, 0.1) is 5.82 Å². The summed E-state index contributed by atoms with van der Waals surface area (Å²) < 4.78 is 18.0. The van der Waals surface area contributed by atoms with Crippen molar-refractivity contribution in [1.29, 1.82) is 0 Å². The topological polar surface area (TPSA) is 59.7 Å². The molecule has 10 heteroatoms. The van der Waals surface area contributed by atoms with E-state index in [4.69, 9.17) is 23.8 Å². The van der Waals surface area contributed by atoms with Gasteiger partial charge in [-0.25, -0.2) is 4.39 Å². The number of aromatic nitrogens is 4. The summed E-state index contributed by atoms with van der Waals surface area (Å²) >= 11 is 15.0. The second kappa shape index (κ2) is 9.59.